The number of rotatable bonds is 13. The summed E-state index contributed by atoms with van der Waals surface area (Å²) < 4.78 is 18.5. The smallest absolute Gasteiger partial charge is 0.303 e. The van der Waals surface area contributed by atoms with Crippen LogP contribution in [0.3, 0.4) is 0 Å². The lowest BCUT2D eigenvalue weighted by molar-refractivity contribution is -0.137. The SMILES string of the molecule is C=CCCCC[S+]([O-])C[C@@H]1[C@H](C/C=C\CCCC(=O)O)[C@@H]2CC[C@H]1O2. The van der Waals surface area contributed by atoms with Crippen LogP contribution in [0, 0.1) is 11.8 Å². The van der Waals surface area contributed by atoms with E-state index in [-0.39, 0.29) is 6.42 Å². The number of aliphatic carboxylic acids is 1. The highest BCUT2D eigenvalue weighted by atomic mass is 32.2. The van der Waals surface area contributed by atoms with Crippen LogP contribution in [-0.4, -0.2) is 39.3 Å². The van der Waals surface area contributed by atoms with Gasteiger partial charge in [0.05, 0.1) is 12.2 Å². The lowest BCUT2D eigenvalue weighted by Crippen LogP contribution is -2.33. The Hall–Kier alpha value is -0.780. The van der Waals surface area contributed by atoms with Crippen LogP contribution >= 0.6 is 0 Å². The zero-order chi connectivity index (χ0) is 18.1. The van der Waals surface area contributed by atoms with E-state index in [0.29, 0.717) is 30.5 Å². The highest BCUT2D eigenvalue weighted by Crippen LogP contribution is 2.45. The van der Waals surface area contributed by atoms with E-state index in [9.17, 15) is 9.35 Å². The number of unbranched alkanes of at least 4 members (excludes halogenated alkanes) is 3. The molecule has 2 saturated heterocycles. The number of hydrogen-bond acceptors (Lipinski definition) is 3. The monoisotopic (exact) mass is 368 g/mol. The van der Waals surface area contributed by atoms with E-state index in [4.69, 9.17) is 9.84 Å². The molecule has 5 heteroatoms. The van der Waals surface area contributed by atoms with Crippen molar-refractivity contribution in [1.29, 1.82) is 0 Å². The van der Waals surface area contributed by atoms with Crippen LogP contribution in [0.2, 0.25) is 0 Å². The molecule has 0 aliphatic carbocycles. The average molecular weight is 369 g/mol. The van der Waals surface area contributed by atoms with Gasteiger partial charge in [-0.15, -0.1) is 6.58 Å². The van der Waals surface area contributed by atoms with Crippen molar-refractivity contribution < 1.29 is 19.2 Å². The number of allylic oxidation sites excluding steroid dienone is 3. The van der Waals surface area contributed by atoms with Crippen molar-refractivity contribution in [1.82, 2.24) is 0 Å². The van der Waals surface area contributed by atoms with E-state index in [1.807, 2.05) is 6.08 Å². The Kier molecular flexibility index (Phi) is 9.07. The lowest BCUT2D eigenvalue weighted by Gasteiger charge is -2.27. The van der Waals surface area contributed by atoms with Crippen LogP contribution in [0.4, 0.5) is 0 Å². The first kappa shape index (κ1) is 20.5. The second-order valence-electron chi connectivity index (χ2n) is 7.21. The van der Waals surface area contributed by atoms with Gasteiger partial charge in [-0.25, -0.2) is 0 Å². The Morgan fingerprint density at radius 1 is 1.16 bits per heavy atom. The summed E-state index contributed by atoms with van der Waals surface area (Å²) in [5.41, 5.74) is 0. The first-order valence-electron chi connectivity index (χ1n) is 9.60. The van der Waals surface area contributed by atoms with Gasteiger partial charge >= 0.3 is 5.97 Å². The minimum Gasteiger partial charge on any atom is -0.616 e. The predicted molar refractivity (Wildman–Crippen MR) is 102 cm³/mol. The largest absolute Gasteiger partial charge is 0.616 e. The van der Waals surface area contributed by atoms with Gasteiger partial charge in [-0.1, -0.05) is 29.4 Å². The van der Waals surface area contributed by atoms with Gasteiger partial charge in [-0.05, 0) is 57.3 Å². The first-order chi connectivity index (χ1) is 12.1. The van der Waals surface area contributed by atoms with Gasteiger partial charge in [0.2, 0.25) is 0 Å². The third-order valence-corrected chi connectivity index (χ3v) is 6.84. The zero-order valence-corrected chi connectivity index (χ0v) is 15.9. The Bertz CT molecular complexity index is 451. The molecule has 0 aromatic carbocycles. The number of fused-ring (bicyclic) bond motifs is 2. The van der Waals surface area contributed by atoms with Crippen molar-refractivity contribution in [2.45, 2.75) is 70.0 Å². The lowest BCUT2D eigenvalue weighted by atomic mass is 9.78. The van der Waals surface area contributed by atoms with E-state index in [1.54, 1.807) is 0 Å². The van der Waals surface area contributed by atoms with E-state index in [0.717, 1.165) is 56.5 Å². The summed E-state index contributed by atoms with van der Waals surface area (Å²) in [5.74, 6) is 1.73. The number of hydrogen-bond donors (Lipinski definition) is 1. The molecule has 0 aromatic heterocycles. The maximum atomic E-state index is 12.4. The van der Waals surface area contributed by atoms with Crippen molar-refractivity contribution in [2.75, 3.05) is 11.5 Å². The Morgan fingerprint density at radius 3 is 2.64 bits per heavy atom. The summed E-state index contributed by atoms with van der Waals surface area (Å²) in [7, 11) is 0. The molecule has 0 spiro atoms. The van der Waals surface area contributed by atoms with Crippen LogP contribution in [0.15, 0.2) is 24.8 Å². The summed E-state index contributed by atoms with van der Waals surface area (Å²) >= 11 is -0.755. The summed E-state index contributed by atoms with van der Waals surface area (Å²) in [4.78, 5) is 10.5. The average Bonchev–Trinajstić information content (AvgIpc) is 3.17. The maximum Gasteiger partial charge on any atom is 0.303 e. The zero-order valence-electron chi connectivity index (χ0n) is 15.1. The molecule has 1 N–H and O–H groups in total. The molecule has 25 heavy (non-hydrogen) atoms. The van der Waals surface area contributed by atoms with Crippen LogP contribution in [0.1, 0.15) is 57.8 Å². The minimum atomic E-state index is -0.755. The van der Waals surface area contributed by atoms with Gasteiger partial charge in [-0.3, -0.25) is 4.79 Å². The summed E-state index contributed by atoms with van der Waals surface area (Å²) in [6.45, 7) is 3.72. The number of carboxylic acids is 1. The molecular weight excluding hydrogens is 336 g/mol. The second-order valence-corrected chi connectivity index (χ2v) is 8.83. The number of carboxylic acid groups (broad SMARTS) is 1. The molecule has 142 valence electrons. The van der Waals surface area contributed by atoms with Crippen molar-refractivity contribution in [3.05, 3.63) is 24.8 Å². The van der Waals surface area contributed by atoms with E-state index >= 15 is 0 Å². The Balaban J connectivity index is 1.73. The molecule has 1 unspecified atom stereocenters. The highest BCUT2D eigenvalue weighted by Gasteiger charge is 2.49. The van der Waals surface area contributed by atoms with E-state index < -0.39 is 17.1 Å². The fraction of sp³-hybridized carbons (Fsp3) is 0.750. The normalized spacial score (nSPS) is 29.3. The fourth-order valence-corrected chi connectivity index (χ4v) is 5.60. The molecular formula is C20H32O4S. The minimum absolute atomic E-state index is 0.231. The van der Waals surface area contributed by atoms with Crippen LogP contribution < -0.4 is 0 Å². The Labute approximate surface area is 154 Å². The predicted octanol–water partition coefficient (Wildman–Crippen LogP) is 4.09. The maximum absolute atomic E-state index is 12.4. The van der Waals surface area contributed by atoms with Gasteiger partial charge in [0.25, 0.3) is 0 Å². The third-order valence-electron chi connectivity index (χ3n) is 5.34. The van der Waals surface area contributed by atoms with Crippen molar-refractivity contribution in [3.63, 3.8) is 0 Å². The summed E-state index contributed by atoms with van der Waals surface area (Å²) in [6, 6.07) is 0. The second kappa shape index (κ2) is 11.0. The van der Waals surface area contributed by atoms with Crippen molar-refractivity contribution in [3.8, 4) is 0 Å². The third kappa shape index (κ3) is 6.80. The van der Waals surface area contributed by atoms with Gasteiger partial charge in [0.1, 0.15) is 11.5 Å². The summed E-state index contributed by atoms with van der Waals surface area (Å²) in [6.07, 6.45) is 14.9. The molecule has 0 amide bonds. The van der Waals surface area contributed by atoms with E-state index in [2.05, 4.69) is 18.7 Å². The van der Waals surface area contributed by atoms with Crippen LogP contribution in [0.5, 0.6) is 0 Å². The molecule has 4 nitrogen and oxygen atoms in total. The van der Waals surface area contributed by atoms with Crippen molar-refractivity contribution >= 4 is 17.1 Å². The quantitative estimate of drug-likeness (QED) is 0.302. The molecule has 5 atom stereocenters. The Morgan fingerprint density at radius 2 is 1.92 bits per heavy atom. The van der Waals surface area contributed by atoms with Gasteiger partial charge in [0.15, 0.2) is 0 Å². The number of carbonyl (C=O) groups is 1. The highest BCUT2D eigenvalue weighted by molar-refractivity contribution is 7.91. The van der Waals surface area contributed by atoms with Crippen molar-refractivity contribution in [2.24, 2.45) is 11.8 Å². The van der Waals surface area contributed by atoms with Crippen LogP contribution in [0.25, 0.3) is 0 Å². The molecule has 2 rings (SSSR count). The van der Waals surface area contributed by atoms with Gasteiger partial charge in [-0.2, -0.15) is 0 Å². The van der Waals surface area contributed by atoms with Gasteiger partial charge in [0, 0.05) is 12.3 Å². The number of ether oxygens (including phenoxy) is 1. The first-order valence-corrected chi connectivity index (χ1v) is 11.1. The van der Waals surface area contributed by atoms with E-state index in [1.165, 1.54) is 0 Å². The summed E-state index contributed by atoms with van der Waals surface area (Å²) in [5, 5.41) is 8.65. The molecule has 0 aromatic rings. The van der Waals surface area contributed by atoms with Gasteiger partial charge < -0.3 is 14.4 Å². The van der Waals surface area contributed by atoms with Crippen LogP contribution in [-0.2, 0) is 20.7 Å². The molecule has 2 bridgehead atoms. The topological polar surface area (TPSA) is 69.6 Å². The molecule has 0 saturated carbocycles. The molecule has 2 aliphatic heterocycles. The fourth-order valence-electron chi connectivity index (χ4n) is 4.02. The molecule has 2 heterocycles. The molecule has 2 fully saturated rings. The standard InChI is InChI=1S/C20H32O4S/c1-2-3-4-9-14-25(23)15-17-16(18-12-13-19(17)24-18)10-7-5-6-8-11-20(21)22/h2,5,7,16-19H,1,3-4,6,8-15H2,(H,21,22)/b7-5-/t16-,17+,18-,19+,25?/m0/s1. The molecule has 2 aliphatic rings. The molecule has 0 radical (unpaired) electrons.